The highest BCUT2D eigenvalue weighted by atomic mass is 32.2. The van der Waals surface area contributed by atoms with Crippen molar-refractivity contribution in [2.75, 3.05) is 17.1 Å². The van der Waals surface area contributed by atoms with E-state index in [-0.39, 0.29) is 17.0 Å². The van der Waals surface area contributed by atoms with Crippen LogP contribution in [0.4, 0.5) is 10.1 Å². The molecule has 0 bridgehead atoms. The van der Waals surface area contributed by atoms with Crippen LogP contribution in [-0.2, 0) is 10.0 Å². The molecule has 0 atom stereocenters. The molecule has 1 aliphatic heterocycles. The first kappa shape index (κ1) is 15.6. The van der Waals surface area contributed by atoms with E-state index in [9.17, 15) is 17.6 Å². The highest BCUT2D eigenvalue weighted by Crippen LogP contribution is 2.32. The van der Waals surface area contributed by atoms with E-state index < -0.39 is 21.7 Å². The van der Waals surface area contributed by atoms with Gasteiger partial charge in [-0.1, -0.05) is 0 Å². The van der Waals surface area contributed by atoms with Crippen molar-refractivity contribution in [1.29, 1.82) is 0 Å². The number of sulfonamides is 1. The average molecular weight is 353 g/mol. The second kappa shape index (κ2) is 5.74. The summed E-state index contributed by atoms with van der Waals surface area (Å²) in [6, 6.07) is 6.67. The van der Waals surface area contributed by atoms with Gasteiger partial charge < -0.3 is 0 Å². The van der Waals surface area contributed by atoms with E-state index in [0.29, 0.717) is 10.6 Å². The molecule has 1 N–H and O–H groups in total. The van der Waals surface area contributed by atoms with Crippen LogP contribution in [0, 0.1) is 5.82 Å². The van der Waals surface area contributed by atoms with Gasteiger partial charge in [0, 0.05) is 12.6 Å². The number of fused-ring (bicyclic) bond motifs is 1. The lowest BCUT2D eigenvalue weighted by Crippen LogP contribution is -2.38. The third-order valence-electron chi connectivity index (χ3n) is 3.38. The van der Waals surface area contributed by atoms with Crippen LogP contribution in [0.1, 0.15) is 15.2 Å². The highest BCUT2D eigenvalue weighted by molar-refractivity contribution is 7.93. The summed E-state index contributed by atoms with van der Waals surface area (Å²) in [5.41, 5.74) is 3.37. The van der Waals surface area contributed by atoms with E-state index in [0.717, 1.165) is 0 Å². The number of anilines is 1. The van der Waals surface area contributed by atoms with Gasteiger partial charge in [0.15, 0.2) is 0 Å². The summed E-state index contributed by atoms with van der Waals surface area (Å²) < 4.78 is 38.3. The minimum absolute atomic E-state index is 0.234. The van der Waals surface area contributed by atoms with Gasteiger partial charge >= 0.3 is 0 Å². The highest BCUT2D eigenvalue weighted by Gasteiger charge is 2.32. The van der Waals surface area contributed by atoms with E-state index in [2.05, 4.69) is 10.5 Å². The smallest absolute Gasteiger partial charge is 0.271 e. The number of halogens is 1. The van der Waals surface area contributed by atoms with Gasteiger partial charge in [0.2, 0.25) is 10.0 Å². The largest absolute Gasteiger partial charge is 0.271 e. The number of amides is 1. The average Bonchev–Trinajstić information content (AvgIpc) is 2.99. The first-order valence-corrected chi connectivity index (χ1v) is 9.04. The summed E-state index contributed by atoms with van der Waals surface area (Å²) in [5, 5.41) is 5.72. The molecule has 23 heavy (non-hydrogen) atoms. The second-order valence-electron chi connectivity index (χ2n) is 4.87. The molecule has 0 radical (unpaired) electrons. The Morgan fingerprint density at radius 1 is 1.30 bits per heavy atom. The molecule has 0 saturated heterocycles. The Morgan fingerprint density at radius 2 is 2.00 bits per heavy atom. The number of carbonyl (C=O) groups is 1. The van der Waals surface area contributed by atoms with Crippen molar-refractivity contribution in [3.05, 3.63) is 52.0 Å². The summed E-state index contributed by atoms with van der Waals surface area (Å²) in [5.74, 6) is -1.27. The number of carbonyl (C=O) groups excluding carboxylic acids is 1. The molecular formula is C14H12FN3O3S2. The van der Waals surface area contributed by atoms with Crippen molar-refractivity contribution in [2.24, 2.45) is 5.10 Å². The maximum atomic E-state index is 12.8. The molecule has 2 aromatic rings. The van der Waals surface area contributed by atoms with Crippen molar-refractivity contribution in [3.63, 3.8) is 0 Å². The lowest BCUT2D eigenvalue weighted by Gasteiger charge is -2.25. The van der Waals surface area contributed by atoms with Crippen LogP contribution in [0.3, 0.4) is 0 Å². The Hall–Kier alpha value is -2.26. The lowest BCUT2D eigenvalue weighted by atomic mass is 10.2. The molecule has 1 amide bonds. The number of hydrazone groups is 1. The minimum Gasteiger partial charge on any atom is -0.271 e. The van der Waals surface area contributed by atoms with Crippen molar-refractivity contribution >= 4 is 38.7 Å². The number of hydrogen-bond donors (Lipinski definition) is 1. The maximum absolute atomic E-state index is 12.8. The zero-order chi connectivity index (χ0) is 16.6. The number of nitrogens with one attached hydrogen (secondary N) is 1. The Balaban J connectivity index is 1.87. The van der Waals surface area contributed by atoms with Crippen LogP contribution in [0.5, 0.6) is 0 Å². The van der Waals surface area contributed by atoms with Gasteiger partial charge in [-0.2, -0.15) is 5.10 Å². The summed E-state index contributed by atoms with van der Waals surface area (Å²) >= 11 is 1.35. The molecule has 0 fully saturated rings. The number of benzene rings is 1. The van der Waals surface area contributed by atoms with Crippen molar-refractivity contribution in [2.45, 2.75) is 0 Å². The Kier molecular flexibility index (Phi) is 3.90. The van der Waals surface area contributed by atoms with Crippen molar-refractivity contribution in [1.82, 2.24) is 5.43 Å². The first-order chi connectivity index (χ1) is 10.9. The van der Waals surface area contributed by atoms with E-state index in [1.165, 1.54) is 47.0 Å². The van der Waals surface area contributed by atoms with Gasteiger partial charge in [0.05, 0.1) is 16.3 Å². The molecule has 1 aromatic heterocycles. The molecule has 120 valence electrons. The first-order valence-electron chi connectivity index (χ1n) is 6.55. The quantitative estimate of drug-likeness (QED) is 0.836. The molecule has 0 saturated carbocycles. The molecule has 6 nitrogen and oxygen atoms in total. The molecule has 3 rings (SSSR count). The Bertz CT molecular complexity index is 888. The van der Waals surface area contributed by atoms with Gasteiger partial charge in [-0.05, 0) is 35.7 Å². The third kappa shape index (κ3) is 2.97. The van der Waals surface area contributed by atoms with Gasteiger partial charge in [-0.15, -0.1) is 11.3 Å². The molecule has 0 aliphatic carbocycles. The van der Waals surface area contributed by atoms with Crippen LogP contribution in [0.15, 0.2) is 40.8 Å². The SMILES string of the molecule is CN1c2ccsc2/C(=N/NC(=O)c2ccc(F)cc2)CS1(=O)=O. The topological polar surface area (TPSA) is 78.8 Å². The van der Waals surface area contributed by atoms with Gasteiger partial charge in [-0.3, -0.25) is 9.10 Å². The monoisotopic (exact) mass is 353 g/mol. The van der Waals surface area contributed by atoms with Crippen LogP contribution < -0.4 is 9.73 Å². The minimum atomic E-state index is -3.50. The predicted octanol–water partition coefficient (Wildman–Crippen LogP) is 1.80. The van der Waals surface area contributed by atoms with Crippen molar-refractivity contribution in [3.8, 4) is 0 Å². The fraction of sp³-hybridized carbons (Fsp3) is 0.143. The molecule has 9 heteroatoms. The zero-order valence-corrected chi connectivity index (χ0v) is 13.6. The molecule has 1 aromatic carbocycles. The summed E-state index contributed by atoms with van der Waals surface area (Å²) in [4.78, 5) is 12.7. The van der Waals surface area contributed by atoms with Gasteiger partial charge in [0.1, 0.15) is 11.6 Å². The molecule has 0 spiro atoms. The maximum Gasteiger partial charge on any atom is 0.271 e. The standard InChI is InChI=1S/C14H12FN3O3S2/c1-18-12-6-7-22-13(12)11(8-23(18,20)21)16-17-14(19)9-2-4-10(15)5-3-9/h2-7H,8H2,1H3,(H,17,19)/b16-11+. The van der Waals surface area contributed by atoms with E-state index in [1.807, 2.05) is 0 Å². The van der Waals surface area contributed by atoms with Gasteiger partial charge in [-0.25, -0.2) is 18.2 Å². The van der Waals surface area contributed by atoms with E-state index in [4.69, 9.17) is 0 Å². The number of hydrogen-bond acceptors (Lipinski definition) is 5. The summed E-state index contributed by atoms with van der Waals surface area (Å²) in [6.07, 6.45) is 0. The predicted molar refractivity (Wildman–Crippen MR) is 86.9 cm³/mol. The fourth-order valence-electron chi connectivity index (χ4n) is 2.12. The molecule has 2 heterocycles. The second-order valence-corrected chi connectivity index (χ2v) is 7.78. The van der Waals surface area contributed by atoms with Crippen molar-refractivity contribution < 1.29 is 17.6 Å². The Morgan fingerprint density at radius 3 is 2.70 bits per heavy atom. The molecular weight excluding hydrogens is 341 g/mol. The van der Waals surface area contributed by atoms with E-state index in [1.54, 1.807) is 11.4 Å². The van der Waals surface area contributed by atoms with Crippen LogP contribution in [0.25, 0.3) is 0 Å². The number of thiophene rings is 1. The van der Waals surface area contributed by atoms with Crippen LogP contribution >= 0.6 is 11.3 Å². The van der Waals surface area contributed by atoms with Crippen LogP contribution in [0.2, 0.25) is 0 Å². The molecule has 1 aliphatic rings. The summed E-state index contributed by atoms with van der Waals surface area (Å²) in [7, 11) is -2.02. The third-order valence-corrected chi connectivity index (χ3v) is 6.00. The summed E-state index contributed by atoms with van der Waals surface area (Å²) in [6.45, 7) is 0. The lowest BCUT2D eigenvalue weighted by molar-refractivity contribution is 0.0955. The van der Waals surface area contributed by atoms with Crippen LogP contribution in [-0.4, -0.2) is 32.8 Å². The Labute approximate surface area is 136 Å². The fourth-order valence-corrected chi connectivity index (χ4v) is 4.38. The number of rotatable bonds is 2. The van der Waals surface area contributed by atoms with Gasteiger partial charge in [0.25, 0.3) is 5.91 Å². The molecule has 0 unspecified atom stereocenters. The normalized spacial score (nSPS) is 17.8. The van der Waals surface area contributed by atoms with E-state index >= 15 is 0 Å². The zero-order valence-electron chi connectivity index (χ0n) is 12.0. The number of nitrogens with zero attached hydrogens (tertiary/aromatic N) is 2.